The number of ether oxygens (including phenoxy) is 2. The summed E-state index contributed by atoms with van der Waals surface area (Å²) in [5.41, 5.74) is -0.694. The maximum Gasteiger partial charge on any atom is 0.420 e. The number of hydrogen-bond donors (Lipinski definition) is 0. The Morgan fingerprint density at radius 1 is 1.35 bits per heavy atom. The number of carbonyl (C=O) groups excluding carboxylic acids is 3. The van der Waals surface area contributed by atoms with Gasteiger partial charge in [0.05, 0.1) is 0 Å². The molecule has 0 aromatic carbocycles. The Kier molecular flexibility index (Phi) is 3.75. The first-order chi connectivity index (χ1) is 7.70. The fourth-order valence-electron chi connectivity index (χ4n) is 1.49. The summed E-state index contributed by atoms with van der Waals surface area (Å²) < 4.78 is 9.97. The summed E-state index contributed by atoms with van der Waals surface area (Å²) in [5.74, 6) is -0.913. The van der Waals surface area contributed by atoms with Crippen molar-refractivity contribution in [2.24, 2.45) is 0 Å². The van der Waals surface area contributed by atoms with E-state index in [1.54, 1.807) is 20.8 Å². The molecule has 6 nitrogen and oxygen atoms in total. The van der Waals surface area contributed by atoms with Gasteiger partial charge in [-0.25, -0.2) is 9.69 Å². The van der Waals surface area contributed by atoms with E-state index >= 15 is 0 Å². The van der Waals surface area contributed by atoms with Gasteiger partial charge in [0.25, 0.3) is 0 Å². The van der Waals surface area contributed by atoms with Gasteiger partial charge < -0.3 is 9.47 Å². The van der Waals surface area contributed by atoms with Crippen molar-refractivity contribution >= 4 is 18.0 Å². The Morgan fingerprint density at radius 3 is 2.41 bits per heavy atom. The summed E-state index contributed by atoms with van der Waals surface area (Å²) in [7, 11) is 0. The zero-order valence-corrected chi connectivity index (χ0v) is 10.5. The van der Waals surface area contributed by atoms with Crippen LogP contribution in [0.15, 0.2) is 0 Å². The van der Waals surface area contributed by atoms with E-state index in [4.69, 9.17) is 9.47 Å². The monoisotopic (exact) mass is 243 g/mol. The highest BCUT2D eigenvalue weighted by Gasteiger charge is 2.40. The first-order valence-corrected chi connectivity index (χ1v) is 5.43. The fourth-order valence-corrected chi connectivity index (χ4v) is 1.49. The van der Waals surface area contributed by atoms with Crippen LogP contribution in [0.3, 0.4) is 0 Å². The number of rotatable bonds is 1. The Balaban J connectivity index is 2.74. The van der Waals surface area contributed by atoms with Gasteiger partial charge in [-0.2, -0.15) is 0 Å². The molecule has 0 radical (unpaired) electrons. The van der Waals surface area contributed by atoms with Crippen LogP contribution >= 0.6 is 0 Å². The van der Waals surface area contributed by atoms with Gasteiger partial charge in [-0.1, -0.05) is 0 Å². The minimum absolute atomic E-state index is 0.178. The van der Waals surface area contributed by atoms with Crippen molar-refractivity contribution in [2.45, 2.75) is 52.4 Å². The van der Waals surface area contributed by atoms with Crippen LogP contribution in [0, 0.1) is 0 Å². The first-order valence-electron chi connectivity index (χ1n) is 5.43. The molecule has 96 valence electrons. The summed E-state index contributed by atoms with van der Waals surface area (Å²) in [6.45, 7) is 6.33. The van der Waals surface area contributed by atoms with Gasteiger partial charge in [0, 0.05) is 19.8 Å². The molecule has 0 N–H and O–H groups in total. The molecule has 1 aliphatic rings. The number of amides is 2. The molecule has 1 heterocycles. The molecular formula is C11H17NO5. The largest absolute Gasteiger partial charge is 0.443 e. The van der Waals surface area contributed by atoms with E-state index in [-0.39, 0.29) is 12.3 Å². The third-order valence-corrected chi connectivity index (χ3v) is 2.05. The van der Waals surface area contributed by atoms with Crippen molar-refractivity contribution in [2.75, 3.05) is 0 Å². The average Bonchev–Trinajstić information content (AvgIpc) is 2.42. The molecule has 0 saturated carbocycles. The molecule has 1 fully saturated rings. The number of imide groups is 1. The smallest absolute Gasteiger partial charge is 0.420 e. The van der Waals surface area contributed by atoms with Gasteiger partial charge in [0.2, 0.25) is 5.91 Å². The molecule has 0 aromatic rings. The van der Waals surface area contributed by atoms with E-state index in [2.05, 4.69) is 0 Å². The molecule has 1 aliphatic heterocycles. The molecule has 0 bridgehead atoms. The van der Waals surface area contributed by atoms with Gasteiger partial charge >= 0.3 is 12.1 Å². The molecule has 2 amide bonds. The summed E-state index contributed by atoms with van der Waals surface area (Å²) >= 11 is 0. The SMILES string of the molecule is CC(=O)O[C@@H]1CCC(=O)N1C(=O)OC(C)(C)C. The number of likely N-dealkylation sites (tertiary alicyclic amines) is 1. The number of carbonyl (C=O) groups is 3. The fraction of sp³-hybridized carbons (Fsp3) is 0.727. The van der Waals surface area contributed by atoms with Crippen LogP contribution in [-0.4, -0.2) is 34.7 Å². The molecule has 0 unspecified atom stereocenters. The topological polar surface area (TPSA) is 72.9 Å². The first kappa shape index (κ1) is 13.5. The van der Waals surface area contributed by atoms with Gasteiger partial charge in [0.15, 0.2) is 6.23 Å². The molecule has 17 heavy (non-hydrogen) atoms. The lowest BCUT2D eigenvalue weighted by Crippen LogP contribution is -2.43. The van der Waals surface area contributed by atoms with E-state index in [1.807, 2.05) is 0 Å². The minimum atomic E-state index is -0.838. The zero-order chi connectivity index (χ0) is 13.2. The zero-order valence-electron chi connectivity index (χ0n) is 10.5. The predicted octanol–water partition coefficient (Wildman–Crippen LogP) is 1.43. The molecule has 1 saturated heterocycles. The lowest BCUT2D eigenvalue weighted by Gasteiger charge is -2.26. The number of hydrogen-bond acceptors (Lipinski definition) is 5. The molecular weight excluding hydrogens is 226 g/mol. The molecule has 0 spiro atoms. The molecule has 0 aromatic heterocycles. The average molecular weight is 243 g/mol. The summed E-state index contributed by atoms with van der Waals surface area (Å²) in [6, 6.07) is 0. The van der Waals surface area contributed by atoms with Crippen molar-refractivity contribution in [3.8, 4) is 0 Å². The number of esters is 1. The third kappa shape index (κ3) is 3.72. The van der Waals surface area contributed by atoms with Crippen LogP contribution in [0.25, 0.3) is 0 Å². The summed E-state index contributed by atoms with van der Waals surface area (Å²) in [6.07, 6.45) is -1.12. The standard InChI is InChI=1S/C11H17NO5/c1-7(13)16-9-6-5-8(14)12(9)10(15)17-11(2,3)4/h9H,5-6H2,1-4H3/t9-/m1/s1. The van der Waals surface area contributed by atoms with Crippen molar-refractivity contribution in [1.29, 1.82) is 0 Å². The second kappa shape index (κ2) is 4.73. The Bertz CT molecular complexity index is 344. The normalized spacial score (nSPS) is 20.4. The molecule has 6 heteroatoms. The van der Waals surface area contributed by atoms with Gasteiger partial charge in [-0.3, -0.25) is 9.59 Å². The second-order valence-corrected chi connectivity index (χ2v) is 4.85. The Morgan fingerprint density at radius 2 is 1.94 bits per heavy atom. The van der Waals surface area contributed by atoms with Crippen LogP contribution in [0.1, 0.15) is 40.5 Å². The van der Waals surface area contributed by atoms with Crippen LogP contribution < -0.4 is 0 Å². The quantitative estimate of drug-likeness (QED) is 0.651. The van der Waals surface area contributed by atoms with Crippen LogP contribution in [-0.2, 0) is 19.1 Å². The van der Waals surface area contributed by atoms with E-state index in [0.29, 0.717) is 6.42 Å². The Labute approximate surface area is 99.9 Å². The van der Waals surface area contributed by atoms with E-state index in [9.17, 15) is 14.4 Å². The summed E-state index contributed by atoms with van der Waals surface area (Å²) in [5, 5.41) is 0. The van der Waals surface area contributed by atoms with Gasteiger partial charge in [-0.15, -0.1) is 0 Å². The highest BCUT2D eigenvalue weighted by molar-refractivity contribution is 5.94. The maximum absolute atomic E-state index is 11.8. The van der Waals surface area contributed by atoms with E-state index in [0.717, 1.165) is 4.90 Å². The van der Waals surface area contributed by atoms with Gasteiger partial charge in [0.1, 0.15) is 5.60 Å². The van der Waals surface area contributed by atoms with Crippen molar-refractivity contribution in [3.63, 3.8) is 0 Å². The summed E-state index contributed by atoms with van der Waals surface area (Å²) in [4.78, 5) is 35.0. The van der Waals surface area contributed by atoms with Crippen LogP contribution in [0.5, 0.6) is 0 Å². The highest BCUT2D eigenvalue weighted by atomic mass is 16.6. The van der Waals surface area contributed by atoms with E-state index < -0.39 is 23.9 Å². The predicted molar refractivity (Wildman–Crippen MR) is 57.9 cm³/mol. The maximum atomic E-state index is 11.8. The third-order valence-electron chi connectivity index (χ3n) is 2.05. The van der Waals surface area contributed by atoms with Crippen molar-refractivity contribution in [1.82, 2.24) is 4.90 Å². The van der Waals surface area contributed by atoms with Gasteiger partial charge in [-0.05, 0) is 20.8 Å². The van der Waals surface area contributed by atoms with Crippen LogP contribution in [0.2, 0.25) is 0 Å². The Hall–Kier alpha value is -1.59. The van der Waals surface area contributed by atoms with Crippen LogP contribution in [0.4, 0.5) is 4.79 Å². The van der Waals surface area contributed by atoms with E-state index in [1.165, 1.54) is 6.92 Å². The lowest BCUT2D eigenvalue weighted by atomic mass is 10.2. The second-order valence-electron chi connectivity index (χ2n) is 4.85. The highest BCUT2D eigenvalue weighted by Crippen LogP contribution is 2.22. The minimum Gasteiger partial charge on any atom is -0.443 e. The van der Waals surface area contributed by atoms with Crippen molar-refractivity contribution < 1.29 is 23.9 Å². The van der Waals surface area contributed by atoms with Crippen molar-refractivity contribution in [3.05, 3.63) is 0 Å². The molecule has 1 rings (SSSR count). The molecule has 1 atom stereocenters. The lowest BCUT2D eigenvalue weighted by molar-refractivity contribution is -0.155. The number of nitrogens with zero attached hydrogens (tertiary/aromatic N) is 1. The molecule has 0 aliphatic carbocycles.